The number of carbonyl (C=O) groups is 1. The standard InChI is InChI=1S/C29H34N4O3S/c1-3-19-14-22(15-20(4-2)27(19)33-37(35,36)18-29(17-30)12-13-29)24-16-26(32-28(34)21-10-11-21)31-25-9-7-5-6-8-23(24)25/h6,8,14-16,21,33H,3-5,7,9-13,18H2,1-2H3,(H,31,32,34). The van der Waals surface area contributed by atoms with Crippen molar-refractivity contribution < 1.29 is 13.2 Å². The molecule has 0 saturated heterocycles. The third-order valence-corrected chi connectivity index (χ3v) is 9.04. The van der Waals surface area contributed by atoms with Crippen LogP contribution in [0.4, 0.5) is 11.5 Å². The Labute approximate surface area is 219 Å². The molecule has 0 unspecified atom stereocenters. The van der Waals surface area contributed by atoms with Crippen molar-refractivity contribution in [2.75, 3.05) is 15.8 Å². The lowest BCUT2D eigenvalue weighted by Gasteiger charge is -2.20. The lowest BCUT2D eigenvalue weighted by atomic mass is 9.92. The maximum atomic E-state index is 13.0. The Kier molecular flexibility index (Phi) is 6.84. The predicted octanol–water partition coefficient (Wildman–Crippen LogP) is 5.62. The summed E-state index contributed by atoms with van der Waals surface area (Å²) in [5.41, 5.74) is 5.72. The van der Waals surface area contributed by atoms with Gasteiger partial charge in [-0.25, -0.2) is 13.4 Å². The van der Waals surface area contributed by atoms with Gasteiger partial charge in [-0.2, -0.15) is 5.26 Å². The number of allylic oxidation sites excluding steroid dienone is 1. The summed E-state index contributed by atoms with van der Waals surface area (Å²) >= 11 is 0. The first kappa shape index (κ1) is 25.5. The lowest BCUT2D eigenvalue weighted by Crippen LogP contribution is -2.24. The van der Waals surface area contributed by atoms with Gasteiger partial charge in [-0.1, -0.05) is 26.0 Å². The van der Waals surface area contributed by atoms with E-state index in [9.17, 15) is 18.5 Å². The average molecular weight is 519 g/mol. The van der Waals surface area contributed by atoms with Crippen LogP contribution in [0.5, 0.6) is 0 Å². The summed E-state index contributed by atoms with van der Waals surface area (Å²) in [5, 5.41) is 12.4. The largest absolute Gasteiger partial charge is 0.310 e. The second-order valence-corrected chi connectivity index (χ2v) is 12.3. The second-order valence-electron chi connectivity index (χ2n) is 10.6. The molecule has 1 heterocycles. The quantitative estimate of drug-likeness (QED) is 0.448. The SMILES string of the molecule is CCc1cc(-c2cc(NC(=O)C3CC3)nc3c2C=CCCC3)cc(CC)c1NS(=O)(=O)CC1(C#N)CC1. The minimum Gasteiger partial charge on any atom is -0.310 e. The third-order valence-electron chi connectivity index (χ3n) is 7.59. The molecule has 7 nitrogen and oxygen atoms in total. The Balaban J connectivity index is 1.56. The molecule has 3 aliphatic rings. The van der Waals surface area contributed by atoms with Gasteiger partial charge in [0.1, 0.15) is 5.82 Å². The highest BCUT2D eigenvalue weighted by molar-refractivity contribution is 7.92. The van der Waals surface area contributed by atoms with Crippen LogP contribution in [-0.4, -0.2) is 25.1 Å². The molecule has 0 atom stereocenters. The minimum atomic E-state index is -3.67. The average Bonchev–Trinajstić information content (AvgIpc) is 3.78. The van der Waals surface area contributed by atoms with Gasteiger partial charge in [0.05, 0.1) is 28.6 Å². The van der Waals surface area contributed by atoms with Crippen molar-refractivity contribution in [3.63, 3.8) is 0 Å². The van der Waals surface area contributed by atoms with Crippen molar-refractivity contribution in [2.24, 2.45) is 11.3 Å². The number of carbonyl (C=O) groups excluding carboxylic acids is 1. The zero-order valence-corrected chi connectivity index (χ0v) is 22.4. The summed E-state index contributed by atoms with van der Waals surface area (Å²) in [6.45, 7) is 4.03. The molecular weight excluding hydrogens is 484 g/mol. The molecule has 194 valence electrons. The Morgan fingerprint density at radius 2 is 1.86 bits per heavy atom. The fraction of sp³-hybridized carbons (Fsp3) is 0.483. The molecular formula is C29H34N4O3S. The predicted molar refractivity (Wildman–Crippen MR) is 146 cm³/mol. The highest BCUT2D eigenvalue weighted by Gasteiger charge is 2.47. The molecule has 1 aromatic carbocycles. The van der Waals surface area contributed by atoms with E-state index in [2.05, 4.69) is 40.4 Å². The Hall–Kier alpha value is -3.18. The molecule has 0 aliphatic heterocycles. The summed E-state index contributed by atoms with van der Waals surface area (Å²) in [7, 11) is -3.67. The molecule has 2 N–H and O–H groups in total. The number of fused-ring (bicyclic) bond motifs is 1. The maximum absolute atomic E-state index is 13.0. The molecule has 1 aromatic heterocycles. The van der Waals surface area contributed by atoms with E-state index in [0.717, 1.165) is 65.6 Å². The normalized spacial score (nSPS) is 17.9. The van der Waals surface area contributed by atoms with Gasteiger partial charge in [0, 0.05) is 11.5 Å². The number of nitriles is 1. The van der Waals surface area contributed by atoms with Crippen LogP contribution >= 0.6 is 0 Å². The first-order chi connectivity index (χ1) is 17.8. The topological polar surface area (TPSA) is 112 Å². The van der Waals surface area contributed by atoms with Gasteiger partial charge in [0.15, 0.2) is 0 Å². The number of hydrogen-bond donors (Lipinski definition) is 2. The van der Waals surface area contributed by atoms with E-state index >= 15 is 0 Å². The van der Waals surface area contributed by atoms with Crippen molar-refractivity contribution in [1.29, 1.82) is 5.26 Å². The molecule has 1 amide bonds. The van der Waals surface area contributed by atoms with Gasteiger partial charge in [-0.05, 0) is 98.2 Å². The Morgan fingerprint density at radius 1 is 1.16 bits per heavy atom. The minimum absolute atomic E-state index is 0.0293. The van der Waals surface area contributed by atoms with E-state index in [4.69, 9.17) is 4.98 Å². The van der Waals surface area contributed by atoms with Crippen molar-refractivity contribution in [1.82, 2.24) is 4.98 Å². The number of rotatable bonds is 9. The van der Waals surface area contributed by atoms with Crippen LogP contribution in [0.15, 0.2) is 24.3 Å². The smallest absolute Gasteiger partial charge is 0.234 e. The zero-order chi connectivity index (χ0) is 26.2. The Morgan fingerprint density at radius 3 is 2.46 bits per heavy atom. The van der Waals surface area contributed by atoms with Crippen molar-refractivity contribution in [3.8, 4) is 17.2 Å². The monoisotopic (exact) mass is 518 g/mol. The van der Waals surface area contributed by atoms with Gasteiger partial charge >= 0.3 is 0 Å². The molecule has 2 saturated carbocycles. The van der Waals surface area contributed by atoms with E-state index < -0.39 is 15.4 Å². The fourth-order valence-corrected chi connectivity index (χ4v) is 6.78. The summed E-state index contributed by atoms with van der Waals surface area (Å²) in [6, 6.07) is 8.24. The molecule has 0 radical (unpaired) electrons. The van der Waals surface area contributed by atoms with Gasteiger partial charge in [0.2, 0.25) is 15.9 Å². The molecule has 2 aromatic rings. The van der Waals surface area contributed by atoms with E-state index in [1.165, 1.54) is 0 Å². The number of aryl methyl sites for hydroxylation is 3. The highest BCUT2D eigenvalue weighted by Crippen LogP contribution is 2.46. The van der Waals surface area contributed by atoms with E-state index in [1.54, 1.807) is 0 Å². The number of amides is 1. The van der Waals surface area contributed by atoms with Crippen LogP contribution in [0.25, 0.3) is 17.2 Å². The van der Waals surface area contributed by atoms with Crippen LogP contribution in [0.2, 0.25) is 0 Å². The van der Waals surface area contributed by atoms with Crippen molar-refractivity contribution in [3.05, 3.63) is 46.7 Å². The van der Waals surface area contributed by atoms with Crippen LogP contribution in [0, 0.1) is 22.7 Å². The second kappa shape index (κ2) is 9.94. The number of nitrogens with one attached hydrogen (secondary N) is 2. The van der Waals surface area contributed by atoms with Gasteiger partial charge < -0.3 is 5.32 Å². The molecule has 8 heteroatoms. The summed E-state index contributed by atoms with van der Waals surface area (Å²) < 4.78 is 28.9. The summed E-state index contributed by atoms with van der Waals surface area (Å²) in [6.07, 6.45) is 11.5. The van der Waals surface area contributed by atoms with Crippen molar-refractivity contribution >= 4 is 33.5 Å². The van der Waals surface area contributed by atoms with E-state index in [-0.39, 0.29) is 17.6 Å². The van der Waals surface area contributed by atoms with E-state index in [1.807, 2.05) is 19.9 Å². The highest BCUT2D eigenvalue weighted by atomic mass is 32.2. The molecule has 0 spiro atoms. The van der Waals surface area contributed by atoms with Gasteiger partial charge in [-0.15, -0.1) is 0 Å². The number of anilines is 2. The van der Waals surface area contributed by atoms with Crippen LogP contribution < -0.4 is 10.0 Å². The number of pyridine rings is 1. The molecule has 3 aliphatic carbocycles. The van der Waals surface area contributed by atoms with E-state index in [0.29, 0.717) is 37.2 Å². The van der Waals surface area contributed by atoms with Crippen LogP contribution in [0.3, 0.4) is 0 Å². The number of nitrogens with zero attached hydrogens (tertiary/aromatic N) is 2. The van der Waals surface area contributed by atoms with Crippen molar-refractivity contribution in [2.45, 2.75) is 71.6 Å². The maximum Gasteiger partial charge on any atom is 0.234 e. The van der Waals surface area contributed by atoms with Gasteiger partial charge in [-0.3, -0.25) is 9.52 Å². The summed E-state index contributed by atoms with van der Waals surface area (Å²) in [4.78, 5) is 17.3. The molecule has 2 fully saturated rings. The first-order valence-electron chi connectivity index (χ1n) is 13.4. The number of hydrogen-bond acceptors (Lipinski definition) is 5. The molecule has 0 bridgehead atoms. The van der Waals surface area contributed by atoms with Crippen LogP contribution in [0.1, 0.15) is 74.8 Å². The van der Waals surface area contributed by atoms with Gasteiger partial charge in [0.25, 0.3) is 0 Å². The fourth-order valence-electron chi connectivity index (χ4n) is 5.06. The number of benzene rings is 1. The lowest BCUT2D eigenvalue weighted by molar-refractivity contribution is -0.117. The Bertz CT molecular complexity index is 1390. The van der Waals surface area contributed by atoms with Crippen LogP contribution in [-0.2, 0) is 34.1 Å². The zero-order valence-electron chi connectivity index (χ0n) is 21.6. The third kappa shape index (κ3) is 5.57. The summed E-state index contributed by atoms with van der Waals surface area (Å²) in [5.74, 6) is 0.525. The number of aromatic nitrogens is 1. The first-order valence-corrected chi connectivity index (χ1v) is 15.0. The molecule has 37 heavy (non-hydrogen) atoms. The number of sulfonamides is 1. The molecule has 5 rings (SSSR count).